The van der Waals surface area contributed by atoms with Gasteiger partial charge in [-0.15, -0.1) is 0 Å². The number of carbonyl (C=O) groups excluding carboxylic acids is 1. The highest BCUT2D eigenvalue weighted by molar-refractivity contribution is 5.96. The molecular weight excluding hydrogens is 306 g/mol. The van der Waals surface area contributed by atoms with Gasteiger partial charge in [0.05, 0.1) is 6.26 Å². The summed E-state index contributed by atoms with van der Waals surface area (Å²) in [7, 11) is 0. The summed E-state index contributed by atoms with van der Waals surface area (Å²) in [6, 6.07) is 9.58. The third kappa shape index (κ3) is 2.50. The standard InChI is InChI=1S/C18H17N3O3/c1-11-5-6-14(8-12(11)2)21-10-13(9-16(21)22)17-19-18(24-20-17)15-4-3-7-23-15/h3-8,13H,9-10H2,1-2H3. The van der Waals surface area contributed by atoms with Gasteiger partial charge in [-0.25, -0.2) is 0 Å². The summed E-state index contributed by atoms with van der Waals surface area (Å²) in [5.74, 6) is 1.41. The number of aromatic nitrogens is 2. The van der Waals surface area contributed by atoms with E-state index in [1.807, 2.05) is 25.1 Å². The molecule has 6 heteroatoms. The van der Waals surface area contributed by atoms with E-state index in [-0.39, 0.29) is 11.8 Å². The first kappa shape index (κ1) is 14.7. The second-order valence-corrected chi connectivity index (χ2v) is 6.11. The Bertz CT molecular complexity index is 883. The minimum Gasteiger partial charge on any atom is -0.459 e. The predicted molar refractivity (Wildman–Crippen MR) is 87.6 cm³/mol. The largest absolute Gasteiger partial charge is 0.459 e. The van der Waals surface area contributed by atoms with Crippen LogP contribution < -0.4 is 4.90 Å². The molecule has 4 rings (SSSR count). The van der Waals surface area contributed by atoms with Crippen molar-refractivity contribution in [2.75, 3.05) is 11.4 Å². The van der Waals surface area contributed by atoms with Gasteiger partial charge in [0.25, 0.3) is 5.89 Å². The quantitative estimate of drug-likeness (QED) is 0.738. The molecule has 24 heavy (non-hydrogen) atoms. The predicted octanol–water partition coefficient (Wildman–Crippen LogP) is 3.47. The fourth-order valence-corrected chi connectivity index (χ4v) is 2.92. The Balaban J connectivity index is 1.56. The third-order valence-corrected chi connectivity index (χ3v) is 4.47. The molecule has 122 valence electrons. The molecule has 1 saturated heterocycles. The molecule has 0 aliphatic carbocycles. The van der Waals surface area contributed by atoms with Crippen molar-refractivity contribution in [3.05, 3.63) is 53.5 Å². The molecule has 0 radical (unpaired) electrons. The molecule has 1 aliphatic heterocycles. The number of anilines is 1. The highest BCUT2D eigenvalue weighted by atomic mass is 16.5. The smallest absolute Gasteiger partial charge is 0.293 e. The van der Waals surface area contributed by atoms with Gasteiger partial charge in [0.2, 0.25) is 5.91 Å². The van der Waals surface area contributed by atoms with E-state index in [2.05, 4.69) is 17.1 Å². The first-order valence-electron chi connectivity index (χ1n) is 7.87. The van der Waals surface area contributed by atoms with Crippen LogP contribution in [0.1, 0.15) is 29.3 Å². The number of furan rings is 1. The SMILES string of the molecule is Cc1ccc(N2CC(c3noc(-c4ccco4)n3)CC2=O)cc1C. The van der Waals surface area contributed by atoms with Crippen molar-refractivity contribution in [1.29, 1.82) is 0 Å². The van der Waals surface area contributed by atoms with E-state index in [0.717, 1.165) is 5.69 Å². The second kappa shape index (κ2) is 5.63. The minimum absolute atomic E-state index is 0.0765. The van der Waals surface area contributed by atoms with Crippen LogP contribution in [0.5, 0.6) is 0 Å². The third-order valence-electron chi connectivity index (χ3n) is 4.47. The average Bonchev–Trinajstić information content (AvgIpc) is 3.28. The number of amides is 1. The summed E-state index contributed by atoms with van der Waals surface area (Å²) in [5.41, 5.74) is 3.30. The van der Waals surface area contributed by atoms with Crippen LogP contribution in [0, 0.1) is 13.8 Å². The number of benzene rings is 1. The van der Waals surface area contributed by atoms with Crippen LogP contribution in [0.25, 0.3) is 11.7 Å². The molecule has 0 spiro atoms. The summed E-state index contributed by atoms with van der Waals surface area (Å²) in [4.78, 5) is 18.6. The Kier molecular flexibility index (Phi) is 3.45. The molecule has 0 bridgehead atoms. The highest BCUT2D eigenvalue weighted by Gasteiger charge is 2.34. The topological polar surface area (TPSA) is 72.4 Å². The second-order valence-electron chi connectivity index (χ2n) is 6.11. The number of rotatable bonds is 3. The van der Waals surface area contributed by atoms with Gasteiger partial charge in [0.15, 0.2) is 11.6 Å². The van der Waals surface area contributed by atoms with Gasteiger partial charge < -0.3 is 13.8 Å². The fraction of sp³-hybridized carbons (Fsp3) is 0.278. The Morgan fingerprint density at radius 2 is 2.08 bits per heavy atom. The molecular formula is C18H17N3O3. The molecule has 3 heterocycles. The summed E-state index contributed by atoms with van der Waals surface area (Å²) in [5, 5.41) is 4.02. The first-order chi connectivity index (χ1) is 11.6. The Labute approximate surface area is 139 Å². The Hall–Kier alpha value is -2.89. The van der Waals surface area contributed by atoms with E-state index in [0.29, 0.717) is 30.4 Å². The van der Waals surface area contributed by atoms with Crippen LogP contribution in [0.15, 0.2) is 45.5 Å². The number of aryl methyl sites for hydroxylation is 2. The van der Waals surface area contributed by atoms with E-state index in [1.165, 1.54) is 11.1 Å². The average molecular weight is 323 g/mol. The van der Waals surface area contributed by atoms with Crippen molar-refractivity contribution in [2.45, 2.75) is 26.2 Å². The van der Waals surface area contributed by atoms with E-state index in [4.69, 9.17) is 8.94 Å². The molecule has 1 atom stereocenters. The van der Waals surface area contributed by atoms with Crippen LogP contribution >= 0.6 is 0 Å². The first-order valence-corrected chi connectivity index (χ1v) is 7.87. The lowest BCUT2D eigenvalue weighted by atomic mass is 10.1. The lowest BCUT2D eigenvalue weighted by Gasteiger charge is -2.17. The zero-order valence-corrected chi connectivity index (χ0v) is 13.5. The summed E-state index contributed by atoms with van der Waals surface area (Å²) in [6.07, 6.45) is 1.93. The van der Waals surface area contributed by atoms with Crippen LogP contribution in [0.4, 0.5) is 5.69 Å². The summed E-state index contributed by atoms with van der Waals surface area (Å²) in [6.45, 7) is 4.66. The van der Waals surface area contributed by atoms with Crippen molar-refractivity contribution in [1.82, 2.24) is 10.1 Å². The zero-order chi connectivity index (χ0) is 16.7. The number of nitrogens with zero attached hydrogens (tertiary/aromatic N) is 3. The van der Waals surface area contributed by atoms with Crippen molar-refractivity contribution in [2.24, 2.45) is 0 Å². The zero-order valence-electron chi connectivity index (χ0n) is 13.5. The Morgan fingerprint density at radius 3 is 2.83 bits per heavy atom. The molecule has 1 fully saturated rings. The van der Waals surface area contributed by atoms with Crippen molar-refractivity contribution in [3.8, 4) is 11.7 Å². The van der Waals surface area contributed by atoms with Gasteiger partial charge in [0, 0.05) is 24.6 Å². The van der Waals surface area contributed by atoms with Gasteiger partial charge in [-0.3, -0.25) is 4.79 Å². The lowest BCUT2D eigenvalue weighted by Crippen LogP contribution is -2.24. The van der Waals surface area contributed by atoms with E-state index < -0.39 is 0 Å². The normalized spacial score (nSPS) is 17.7. The highest BCUT2D eigenvalue weighted by Crippen LogP contribution is 2.32. The number of hydrogen-bond donors (Lipinski definition) is 0. The van der Waals surface area contributed by atoms with Crippen molar-refractivity contribution < 1.29 is 13.7 Å². The van der Waals surface area contributed by atoms with Gasteiger partial charge in [-0.1, -0.05) is 11.2 Å². The van der Waals surface area contributed by atoms with Crippen LogP contribution in [0.3, 0.4) is 0 Å². The van der Waals surface area contributed by atoms with Gasteiger partial charge in [0.1, 0.15) is 0 Å². The van der Waals surface area contributed by atoms with Gasteiger partial charge >= 0.3 is 0 Å². The van der Waals surface area contributed by atoms with Crippen molar-refractivity contribution >= 4 is 11.6 Å². The minimum atomic E-state index is -0.0772. The molecule has 3 aromatic rings. The molecule has 6 nitrogen and oxygen atoms in total. The summed E-state index contributed by atoms with van der Waals surface area (Å²) >= 11 is 0. The number of carbonyl (C=O) groups is 1. The maximum Gasteiger partial charge on any atom is 0.293 e. The fourth-order valence-electron chi connectivity index (χ4n) is 2.92. The number of hydrogen-bond acceptors (Lipinski definition) is 5. The lowest BCUT2D eigenvalue weighted by molar-refractivity contribution is -0.117. The molecule has 1 aromatic carbocycles. The maximum atomic E-state index is 12.4. The molecule has 1 amide bonds. The molecule has 0 saturated carbocycles. The maximum absolute atomic E-state index is 12.4. The van der Waals surface area contributed by atoms with E-state index >= 15 is 0 Å². The molecule has 0 N–H and O–H groups in total. The van der Waals surface area contributed by atoms with Crippen LogP contribution in [-0.4, -0.2) is 22.6 Å². The van der Waals surface area contributed by atoms with Crippen molar-refractivity contribution in [3.63, 3.8) is 0 Å². The van der Waals surface area contributed by atoms with Crippen LogP contribution in [-0.2, 0) is 4.79 Å². The van der Waals surface area contributed by atoms with E-state index in [1.54, 1.807) is 23.3 Å². The molecule has 1 aliphatic rings. The Morgan fingerprint density at radius 1 is 1.21 bits per heavy atom. The summed E-state index contributed by atoms with van der Waals surface area (Å²) < 4.78 is 10.5. The molecule has 1 unspecified atom stereocenters. The van der Waals surface area contributed by atoms with Gasteiger partial charge in [-0.2, -0.15) is 4.98 Å². The van der Waals surface area contributed by atoms with Crippen LogP contribution in [0.2, 0.25) is 0 Å². The van der Waals surface area contributed by atoms with Gasteiger partial charge in [-0.05, 0) is 49.2 Å². The molecule has 2 aromatic heterocycles. The van der Waals surface area contributed by atoms with E-state index in [9.17, 15) is 4.79 Å². The monoisotopic (exact) mass is 323 g/mol.